The molecular formula is C20H25N3O3S. The molecule has 6 nitrogen and oxygen atoms in total. The number of amides is 1. The Balaban J connectivity index is 1.78. The number of thioether (sulfide) groups is 1. The van der Waals surface area contributed by atoms with Gasteiger partial charge in [0.15, 0.2) is 5.16 Å². The number of benzene rings is 1. The molecule has 1 aliphatic heterocycles. The lowest BCUT2D eigenvalue weighted by molar-refractivity contribution is 0.0218. The number of aromatic nitrogens is 2. The van der Waals surface area contributed by atoms with Crippen molar-refractivity contribution in [2.24, 2.45) is 0 Å². The van der Waals surface area contributed by atoms with Crippen LogP contribution in [0.4, 0.5) is 4.79 Å². The highest BCUT2D eigenvalue weighted by Crippen LogP contribution is 2.29. The monoisotopic (exact) mass is 387 g/mol. The number of fused-ring (bicyclic) bond motifs is 1. The molecule has 1 amide bonds. The van der Waals surface area contributed by atoms with E-state index in [1.54, 1.807) is 4.90 Å². The molecule has 0 fully saturated rings. The molecule has 2 aromatic rings. The Morgan fingerprint density at radius 2 is 1.96 bits per heavy atom. The largest absolute Gasteiger partial charge is 0.472 e. The number of hydrogen-bond donors (Lipinski definition) is 0. The van der Waals surface area contributed by atoms with E-state index in [0.29, 0.717) is 37.2 Å². The molecule has 0 saturated carbocycles. The Morgan fingerprint density at radius 1 is 1.22 bits per heavy atom. The van der Waals surface area contributed by atoms with E-state index in [2.05, 4.69) is 9.97 Å². The Labute approximate surface area is 164 Å². The highest BCUT2D eigenvalue weighted by molar-refractivity contribution is 7.98. The van der Waals surface area contributed by atoms with Gasteiger partial charge in [0.2, 0.25) is 5.88 Å². The van der Waals surface area contributed by atoms with E-state index in [1.165, 1.54) is 11.8 Å². The number of ether oxygens (including phenoxy) is 2. The van der Waals surface area contributed by atoms with Gasteiger partial charge in [0.1, 0.15) is 12.2 Å². The van der Waals surface area contributed by atoms with Gasteiger partial charge < -0.3 is 14.4 Å². The van der Waals surface area contributed by atoms with Crippen LogP contribution in [-0.2, 0) is 24.3 Å². The van der Waals surface area contributed by atoms with Crippen molar-refractivity contribution >= 4 is 17.9 Å². The Bertz CT molecular complexity index is 806. The van der Waals surface area contributed by atoms with Crippen molar-refractivity contribution in [1.82, 2.24) is 14.9 Å². The van der Waals surface area contributed by atoms with Crippen LogP contribution in [0.15, 0.2) is 35.5 Å². The van der Waals surface area contributed by atoms with E-state index in [0.717, 1.165) is 16.8 Å². The molecule has 0 saturated heterocycles. The first-order valence-electron chi connectivity index (χ1n) is 8.94. The quantitative estimate of drug-likeness (QED) is 0.582. The number of nitrogens with zero attached hydrogens (tertiary/aromatic N) is 3. The molecule has 0 unspecified atom stereocenters. The molecule has 3 rings (SSSR count). The van der Waals surface area contributed by atoms with Crippen LogP contribution in [0.2, 0.25) is 0 Å². The highest BCUT2D eigenvalue weighted by Gasteiger charge is 2.29. The molecule has 144 valence electrons. The van der Waals surface area contributed by atoms with Crippen molar-refractivity contribution in [2.75, 3.05) is 12.8 Å². The van der Waals surface area contributed by atoms with Gasteiger partial charge >= 0.3 is 6.09 Å². The van der Waals surface area contributed by atoms with E-state index in [-0.39, 0.29) is 6.09 Å². The van der Waals surface area contributed by atoms with E-state index < -0.39 is 5.60 Å². The second-order valence-electron chi connectivity index (χ2n) is 7.37. The van der Waals surface area contributed by atoms with Crippen LogP contribution in [0.1, 0.15) is 37.6 Å². The smallest absolute Gasteiger partial charge is 0.410 e. The van der Waals surface area contributed by atoms with Crippen LogP contribution >= 0.6 is 11.8 Å². The summed E-state index contributed by atoms with van der Waals surface area (Å²) >= 11 is 1.46. The van der Waals surface area contributed by atoms with Gasteiger partial charge in [-0.25, -0.2) is 9.78 Å². The third kappa shape index (κ3) is 5.13. The van der Waals surface area contributed by atoms with Crippen LogP contribution in [-0.4, -0.2) is 39.4 Å². The lowest BCUT2D eigenvalue weighted by Gasteiger charge is -2.31. The molecule has 7 heteroatoms. The fourth-order valence-electron chi connectivity index (χ4n) is 2.79. The van der Waals surface area contributed by atoms with Crippen molar-refractivity contribution in [2.45, 2.75) is 51.1 Å². The summed E-state index contributed by atoms with van der Waals surface area (Å²) in [5, 5.41) is 0.642. The fourth-order valence-corrected chi connectivity index (χ4v) is 3.17. The molecule has 0 radical (unpaired) electrons. The van der Waals surface area contributed by atoms with Gasteiger partial charge in [0.05, 0.1) is 12.2 Å². The summed E-state index contributed by atoms with van der Waals surface area (Å²) in [6.07, 6.45) is 2.26. The Kier molecular flexibility index (Phi) is 5.89. The number of carbonyl (C=O) groups excluding carboxylic acids is 1. The maximum atomic E-state index is 12.4. The molecule has 2 heterocycles. The summed E-state index contributed by atoms with van der Waals surface area (Å²) in [7, 11) is 0. The first-order valence-corrected chi connectivity index (χ1v) is 10.2. The third-order valence-corrected chi connectivity index (χ3v) is 4.61. The summed E-state index contributed by atoms with van der Waals surface area (Å²) in [5.74, 6) is 0.608. The number of carbonyl (C=O) groups is 1. The average Bonchev–Trinajstić information content (AvgIpc) is 2.64. The lowest BCUT2D eigenvalue weighted by atomic mass is 10.1. The summed E-state index contributed by atoms with van der Waals surface area (Å²) < 4.78 is 11.5. The van der Waals surface area contributed by atoms with E-state index >= 15 is 0 Å². The van der Waals surface area contributed by atoms with Gasteiger partial charge in [-0.15, -0.1) is 0 Å². The summed E-state index contributed by atoms with van der Waals surface area (Å²) in [6.45, 7) is 7.02. The molecule has 0 spiro atoms. The molecule has 27 heavy (non-hydrogen) atoms. The van der Waals surface area contributed by atoms with Gasteiger partial charge in [0.25, 0.3) is 0 Å². The van der Waals surface area contributed by atoms with Gasteiger partial charge in [-0.2, -0.15) is 4.98 Å². The van der Waals surface area contributed by atoms with Gasteiger partial charge in [0, 0.05) is 12.1 Å². The minimum atomic E-state index is -0.516. The minimum absolute atomic E-state index is 0.316. The average molecular weight is 388 g/mol. The number of hydrogen-bond acceptors (Lipinski definition) is 6. The predicted molar refractivity (Wildman–Crippen MR) is 105 cm³/mol. The lowest BCUT2D eigenvalue weighted by Crippen LogP contribution is -2.40. The van der Waals surface area contributed by atoms with Gasteiger partial charge in [-0.3, -0.25) is 0 Å². The molecule has 1 aliphatic rings. The second-order valence-corrected chi connectivity index (χ2v) is 8.14. The zero-order chi connectivity index (χ0) is 19.4. The molecule has 0 aliphatic carbocycles. The van der Waals surface area contributed by atoms with E-state index in [4.69, 9.17) is 9.47 Å². The first kappa shape index (κ1) is 19.5. The normalized spacial score (nSPS) is 13.9. The van der Waals surface area contributed by atoms with Crippen LogP contribution in [0.5, 0.6) is 5.88 Å². The van der Waals surface area contributed by atoms with Crippen LogP contribution in [0, 0.1) is 0 Å². The molecule has 1 aromatic heterocycles. The van der Waals surface area contributed by atoms with Crippen molar-refractivity contribution < 1.29 is 14.3 Å². The van der Waals surface area contributed by atoms with Gasteiger partial charge in [-0.1, -0.05) is 42.1 Å². The minimum Gasteiger partial charge on any atom is -0.472 e. The zero-order valence-corrected chi connectivity index (χ0v) is 17.0. The Hall–Kier alpha value is -2.28. The summed E-state index contributed by atoms with van der Waals surface area (Å²) in [6, 6.07) is 9.99. The number of rotatable bonds is 4. The third-order valence-electron chi connectivity index (χ3n) is 4.06. The van der Waals surface area contributed by atoms with Gasteiger partial charge in [-0.05, 0) is 39.0 Å². The molecule has 1 aromatic carbocycles. The topological polar surface area (TPSA) is 64.6 Å². The van der Waals surface area contributed by atoms with Crippen LogP contribution < -0.4 is 4.74 Å². The first-order chi connectivity index (χ1) is 12.9. The summed E-state index contributed by atoms with van der Waals surface area (Å²) in [4.78, 5) is 23.2. The zero-order valence-electron chi connectivity index (χ0n) is 16.2. The molecule has 0 atom stereocenters. The summed E-state index contributed by atoms with van der Waals surface area (Å²) in [5.41, 5.74) is 2.37. The molecule has 0 bridgehead atoms. The van der Waals surface area contributed by atoms with Crippen molar-refractivity contribution in [1.29, 1.82) is 0 Å². The van der Waals surface area contributed by atoms with E-state index in [9.17, 15) is 4.79 Å². The highest BCUT2D eigenvalue weighted by atomic mass is 32.2. The fraction of sp³-hybridized carbons (Fsp3) is 0.450. The van der Waals surface area contributed by atoms with Crippen LogP contribution in [0.25, 0.3) is 0 Å². The van der Waals surface area contributed by atoms with Crippen molar-refractivity contribution in [3.05, 3.63) is 47.2 Å². The molecule has 0 N–H and O–H groups in total. The SMILES string of the molecule is CSc1nc2c(c(OCc3ccccc3)n1)CCN(C(=O)OC(C)(C)C)C2. The predicted octanol–water partition coefficient (Wildman–Crippen LogP) is 4.07. The van der Waals surface area contributed by atoms with E-state index in [1.807, 2.05) is 57.4 Å². The van der Waals surface area contributed by atoms with Crippen LogP contribution in [0.3, 0.4) is 0 Å². The van der Waals surface area contributed by atoms with Crippen molar-refractivity contribution in [3.63, 3.8) is 0 Å². The molecular weight excluding hydrogens is 362 g/mol. The maximum absolute atomic E-state index is 12.4. The standard InChI is InChI=1S/C20H25N3O3S/c1-20(2,3)26-19(24)23-11-10-15-16(12-23)21-18(27-4)22-17(15)25-13-14-8-6-5-7-9-14/h5-9H,10-13H2,1-4H3. The van der Waals surface area contributed by atoms with Crippen molar-refractivity contribution in [3.8, 4) is 5.88 Å². The maximum Gasteiger partial charge on any atom is 0.410 e. The Morgan fingerprint density at radius 3 is 2.63 bits per heavy atom. The second kappa shape index (κ2) is 8.17.